The van der Waals surface area contributed by atoms with Crippen LogP contribution in [0, 0.1) is 5.92 Å². The predicted octanol–water partition coefficient (Wildman–Crippen LogP) is 1.59. The standard InChI is InChI=1S/C5H11NO.C3H8/c1-4(2)5(7)3-6;1-3-2/h4H,3,6H2,1-2H3;3H2,1-2H3. The minimum Gasteiger partial charge on any atom is -0.324 e. The molecule has 62 valence electrons. The lowest BCUT2D eigenvalue weighted by Gasteiger charge is -1.96. The summed E-state index contributed by atoms with van der Waals surface area (Å²) in [6.45, 7) is 8.11. The SMILES string of the molecule is CC(C)C(=O)CN.CCC. The van der Waals surface area contributed by atoms with Gasteiger partial charge in [0.15, 0.2) is 0 Å². The van der Waals surface area contributed by atoms with Crippen LogP contribution in [-0.4, -0.2) is 12.3 Å². The number of carbonyl (C=O) groups excluding carboxylic acids is 1. The highest BCUT2D eigenvalue weighted by molar-refractivity contribution is 5.81. The summed E-state index contributed by atoms with van der Waals surface area (Å²) in [4.78, 5) is 10.4. The first-order valence-corrected chi connectivity index (χ1v) is 3.82. The first-order chi connectivity index (χ1) is 4.59. The second-order valence-corrected chi connectivity index (χ2v) is 2.53. The van der Waals surface area contributed by atoms with E-state index in [9.17, 15) is 4.79 Å². The van der Waals surface area contributed by atoms with E-state index in [1.807, 2.05) is 13.8 Å². The van der Waals surface area contributed by atoms with E-state index in [4.69, 9.17) is 5.73 Å². The number of carbonyl (C=O) groups is 1. The van der Waals surface area contributed by atoms with Crippen LogP contribution in [0.2, 0.25) is 0 Å². The van der Waals surface area contributed by atoms with Crippen molar-refractivity contribution in [2.75, 3.05) is 6.54 Å². The topological polar surface area (TPSA) is 43.1 Å². The minimum atomic E-state index is 0.102. The molecule has 0 spiro atoms. The molecule has 2 heteroatoms. The van der Waals surface area contributed by atoms with Gasteiger partial charge in [-0.1, -0.05) is 34.1 Å². The van der Waals surface area contributed by atoms with Gasteiger partial charge < -0.3 is 5.73 Å². The maximum atomic E-state index is 10.4. The molecule has 0 aliphatic rings. The van der Waals surface area contributed by atoms with Gasteiger partial charge in [0, 0.05) is 5.92 Å². The van der Waals surface area contributed by atoms with Gasteiger partial charge in [-0.05, 0) is 0 Å². The molecule has 0 fully saturated rings. The Hall–Kier alpha value is -0.370. The zero-order chi connectivity index (χ0) is 8.57. The van der Waals surface area contributed by atoms with Gasteiger partial charge in [-0.2, -0.15) is 0 Å². The highest BCUT2D eigenvalue weighted by atomic mass is 16.1. The molecule has 0 heterocycles. The lowest BCUT2D eigenvalue weighted by Crippen LogP contribution is -2.18. The van der Waals surface area contributed by atoms with Crippen LogP contribution < -0.4 is 5.73 Å². The average molecular weight is 145 g/mol. The van der Waals surface area contributed by atoms with Crippen molar-refractivity contribution in [1.29, 1.82) is 0 Å². The van der Waals surface area contributed by atoms with Gasteiger partial charge >= 0.3 is 0 Å². The molecule has 0 unspecified atom stereocenters. The molecule has 2 nitrogen and oxygen atoms in total. The Balaban J connectivity index is 0. The second kappa shape index (κ2) is 8.63. The molecule has 0 saturated heterocycles. The van der Waals surface area contributed by atoms with Crippen molar-refractivity contribution in [2.24, 2.45) is 11.7 Å². The van der Waals surface area contributed by atoms with Crippen molar-refractivity contribution < 1.29 is 4.79 Å². The number of hydrogen-bond acceptors (Lipinski definition) is 2. The van der Waals surface area contributed by atoms with Gasteiger partial charge in [0.2, 0.25) is 0 Å². The fourth-order valence-electron chi connectivity index (χ4n) is 0.236. The number of rotatable bonds is 2. The molecule has 0 bridgehead atoms. The van der Waals surface area contributed by atoms with Gasteiger partial charge in [0.05, 0.1) is 6.54 Å². The Bertz CT molecular complexity index is 79.3. The molecule has 0 aromatic carbocycles. The third-order valence-electron chi connectivity index (χ3n) is 0.845. The average Bonchev–Trinajstić information content (AvgIpc) is 1.88. The van der Waals surface area contributed by atoms with Crippen molar-refractivity contribution in [2.45, 2.75) is 34.1 Å². The van der Waals surface area contributed by atoms with E-state index in [0.717, 1.165) is 0 Å². The quantitative estimate of drug-likeness (QED) is 0.641. The van der Waals surface area contributed by atoms with Crippen molar-refractivity contribution in [3.05, 3.63) is 0 Å². The second-order valence-electron chi connectivity index (χ2n) is 2.53. The largest absolute Gasteiger partial charge is 0.324 e. The molecule has 0 aromatic rings. The maximum Gasteiger partial charge on any atom is 0.148 e. The van der Waals surface area contributed by atoms with Crippen LogP contribution in [0.1, 0.15) is 34.1 Å². The smallest absolute Gasteiger partial charge is 0.148 e. The molecule has 10 heavy (non-hydrogen) atoms. The van der Waals surface area contributed by atoms with Crippen LogP contribution in [0.5, 0.6) is 0 Å². The third-order valence-corrected chi connectivity index (χ3v) is 0.845. The monoisotopic (exact) mass is 145 g/mol. The summed E-state index contributed by atoms with van der Waals surface area (Å²) in [5.41, 5.74) is 5.02. The molecule has 0 aliphatic carbocycles. The fraction of sp³-hybridized carbons (Fsp3) is 0.875. The van der Waals surface area contributed by atoms with Gasteiger partial charge in [-0.15, -0.1) is 0 Å². The van der Waals surface area contributed by atoms with E-state index >= 15 is 0 Å². The van der Waals surface area contributed by atoms with Crippen molar-refractivity contribution >= 4 is 5.78 Å². The molecule has 0 saturated carbocycles. The Morgan fingerprint density at radius 2 is 1.70 bits per heavy atom. The van der Waals surface area contributed by atoms with E-state index in [1.165, 1.54) is 6.42 Å². The van der Waals surface area contributed by atoms with Crippen molar-refractivity contribution in [3.63, 3.8) is 0 Å². The first-order valence-electron chi connectivity index (χ1n) is 3.82. The highest BCUT2D eigenvalue weighted by Gasteiger charge is 2.01. The van der Waals surface area contributed by atoms with Crippen LogP contribution in [-0.2, 0) is 4.79 Å². The summed E-state index contributed by atoms with van der Waals surface area (Å²) in [5, 5.41) is 0. The zero-order valence-corrected chi connectivity index (χ0v) is 7.48. The Kier molecular flexibility index (Phi) is 10.6. The Morgan fingerprint density at radius 3 is 1.70 bits per heavy atom. The lowest BCUT2D eigenvalue weighted by atomic mass is 10.1. The zero-order valence-electron chi connectivity index (χ0n) is 7.48. The van der Waals surface area contributed by atoms with Gasteiger partial charge in [0.25, 0.3) is 0 Å². The van der Waals surface area contributed by atoms with Crippen LogP contribution >= 0.6 is 0 Å². The van der Waals surface area contributed by atoms with Crippen LogP contribution in [0.25, 0.3) is 0 Å². The normalized spacial score (nSPS) is 8.60. The molecular weight excluding hydrogens is 126 g/mol. The summed E-state index contributed by atoms with van der Waals surface area (Å²) >= 11 is 0. The Morgan fingerprint density at radius 1 is 1.40 bits per heavy atom. The molecule has 0 atom stereocenters. The Labute approximate surface area is 63.8 Å². The van der Waals surface area contributed by atoms with E-state index < -0.39 is 0 Å². The van der Waals surface area contributed by atoms with Gasteiger partial charge in [-0.3, -0.25) is 4.79 Å². The number of nitrogens with two attached hydrogens (primary N) is 1. The number of ketones is 1. The summed E-state index contributed by atoms with van der Waals surface area (Å²) in [5.74, 6) is 0.227. The van der Waals surface area contributed by atoms with Crippen molar-refractivity contribution in [3.8, 4) is 0 Å². The molecule has 2 N–H and O–H groups in total. The van der Waals surface area contributed by atoms with E-state index in [-0.39, 0.29) is 18.2 Å². The summed E-state index contributed by atoms with van der Waals surface area (Å²) in [6, 6.07) is 0. The number of hydrogen-bond donors (Lipinski definition) is 1. The third kappa shape index (κ3) is 10.6. The molecular formula is C8H19NO. The maximum absolute atomic E-state index is 10.4. The lowest BCUT2D eigenvalue weighted by molar-refractivity contribution is -0.120. The van der Waals surface area contributed by atoms with E-state index in [1.54, 1.807) is 0 Å². The summed E-state index contributed by atoms with van der Waals surface area (Å²) in [6.07, 6.45) is 1.25. The van der Waals surface area contributed by atoms with Crippen LogP contribution in [0.15, 0.2) is 0 Å². The summed E-state index contributed by atoms with van der Waals surface area (Å²) in [7, 11) is 0. The van der Waals surface area contributed by atoms with Crippen molar-refractivity contribution in [1.82, 2.24) is 0 Å². The van der Waals surface area contributed by atoms with Gasteiger partial charge in [-0.25, -0.2) is 0 Å². The van der Waals surface area contributed by atoms with Crippen LogP contribution in [0.4, 0.5) is 0 Å². The molecule has 0 amide bonds. The summed E-state index contributed by atoms with van der Waals surface area (Å²) < 4.78 is 0. The van der Waals surface area contributed by atoms with E-state index in [0.29, 0.717) is 0 Å². The molecule has 0 rings (SSSR count). The molecule has 0 aliphatic heterocycles. The highest BCUT2D eigenvalue weighted by Crippen LogP contribution is 1.89. The molecule has 0 aromatic heterocycles. The number of Topliss-reactive ketones (excluding diaryl/α,β-unsaturated/α-hetero) is 1. The fourth-order valence-corrected chi connectivity index (χ4v) is 0.236. The van der Waals surface area contributed by atoms with Gasteiger partial charge in [0.1, 0.15) is 5.78 Å². The van der Waals surface area contributed by atoms with E-state index in [2.05, 4.69) is 13.8 Å². The van der Waals surface area contributed by atoms with Crippen LogP contribution in [0.3, 0.4) is 0 Å². The predicted molar refractivity (Wildman–Crippen MR) is 44.9 cm³/mol. The minimum absolute atomic E-state index is 0.102. The first kappa shape index (κ1) is 12.3. The molecule has 0 radical (unpaired) electrons.